The van der Waals surface area contributed by atoms with Gasteiger partial charge < -0.3 is 19.5 Å². The van der Waals surface area contributed by atoms with Crippen LogP contribution >= 0.6 is 11.6 Å². The molecule has 1 N–H and O–H groups in total. The highest BCUT2D eigenvalue weighted by Gasteiger charge is 2.11. The molecule has 0 radical (unpaired) electrons. The molecule has 0 saturated heterocycles. The first-order valence-corrected chi connectivity index (χ1v) is 7.51. The van der Waals surface area contributed by atoms with E-state index in [9.17, 15) is 0 Å². The van der Waals surface area contributed by atoms with Crippen molar-refractivity contribution in [1.29, 1.82) is 0 Å². The number of nitrogens with zero attached hydrogens (tertiary/aromatic N) is 2. The van der Waals surface area contributed by atoms with Gasteiger partial charge in [-0.2, -0.15) is 0 Å². The normalized spacial score (nSPS) is 10.5. The number of halogens is 1. The smallest absolute Gasteiger partial charge is 0.162 e. The molecule has 0 aliphatic heterocycles. The maximum absolute atomic E-state index is 6.17. The lowest BCUT2D eigenvalue weighted by Crippen LogP contribution is -1.98. The standard InChI is InChI=1S/C17H16ClN3O3/c1-22-14-5-4-10(6-12(14)18)21-17-11-7-15(23-2)16(24-3)8-13(11)19-9-20-17/h4-9H,1-3H3,(H,19,20,21). The van der Waals surface area contributed by atoms with E-state index < -0.39 is 0 Å². The number of rotatable bonds is 5. The van der Waals surface area contributed by atoms with Gasteiger partial charge in [0.25, 0.3) is 0 Å². The number of benzene rings is 2. The summed E-state index contributed by atoms with van der Waals surface area (Å²) in [5, 5.41) is 4.56. The minimum atomic E-state index is 0.514. The number of anilines is 2. The van der Waals surface area contributed by atoms with Crippen molar-refractivity contribution >= 4 is 34.0 Å². The summed E-state index contributed by atoms with van der Waals surface area (Å²) < 4.78 is 15.8. The molecular weight excluding hydrogens is 330 g/mol. The molecular formula is C17H16ClN3O3. The summed E-state index contributed by atoms with van der Waals surface area (Å²) in [6.45, 7) is 0. The van der Waals surface area contributed by atoms with Crippen molar-refractivity contribution in [3.8, 4) is 17.2 Å². The Morgan fingerprint density at radius 1 is 0.875 bits per heavy atom. The third-order valence-electron chi connectivity index (χ3n) is 3.56. The maximum atomic E-state index is 6.17. The summed E-state index contributed by atoms with van der Waals surface area (Å²) in [6.07, 6.45) is 1.49. The van der Waals surface area contributed by atoms with E-state index in [0.29, 0.717) is 28.1 Å². The third kappa shape index (κ3) is 3.00. The number of fused-ring (bicyclic) bond motifs is 1. The summed E-state index contributed by atoms with van der Waals surface area (Å²) in [4.78, 5) is 8.59. The van der Waals surface area contributed by atoms with Crippen LogP contribution in [0.1, 0.15) is 0 Å². The highest BCUT2D eigenvalue weighted by Crippen LogP contribution is 2.35. The Bertz CT molecular complexity index is 886. The van der Waals surface area contributed by atoms with Crippen molar-refractivity contribution in [2.75, 3.05) is 26.6 Å². The SMILES string of the molecule is COc1ccc(Nc2ncnc3cc(OC)c(OC)cc23)cc1Cl. The number of hydrogen-bond donors (Lipinski definition) is 1. The summed E-state index contributed by atoms with van der Waals surface area (Å²) >= 11 is 6.17. The molecule has 3 rings (SSSR count). The van der Waals surface area contributed by atoms with Crippen LogP contribution in [0, 0.1) is 0 Å². The lowest BCUT2D eigenvalue weighted by molar-refractivity contribution is 0.356. The van der Waals surface area contributed by atoms with E-state index >= 15 is 0 Å². The van der Waals surface area contributed by atoms with Crippen molar-refractivity contribution in [3.63, 3.8) is 0 Å². The van der Waals surface area contributed by atoms with E-state index in [1.54, 1.807) is 33.5 Å². The third-order valence-corrected chi connectivity index (χ3v) is 3.85. The molecule has 24 heavy (non-hydrogen) atoms. The maximum Gasteiger partial charge on any atom is 0.162 e. The molecule has 0 fully saturated rings. The Kier molecular flexibility index (Phi) is 4.57. The molecule has 0 aliphatic carbocycles. The summed E-state index contributed by atoms with van der Waals surface area (Å²) in [5.74, 6) is 2.47. The molecule has 7 heteroatoms. The number of aromatic nitrogens is 2. The second kappa shape index (κ2) is 6.80. The highest BCUT2D eigenvalue weighted by molar-refractivity contribution is 6.32. The number of hydrogen-bond acceptors (Lipinski definition) is 6. The van der Waals surface area contributed by atoms with Crippen LogP contribution < -0.4 is 19.5 Å². The molecule has 6 nitrogen and oxygen atoms in total. The van der Waals surface area contributed by atoms with E-state index in [2.05, 4.69) is 15.3 Å². The largest absolute Gasteiger partial charge is 0.495 e. The van der Waals surface area contributed by atoms with Crippen LogP contribution in [0.5, 0.6) is 17.2 Å². The second-order valence-electron chi connectivity index (χ2n) is 4.92. The number of ether oxygens (including phenoxy) is 3. The van der Waals surface area contributed by atoms with Crippen LogP contribution in [-0.4, -0.2) is 31.3 Å². The van der Waals surface area contributed by atoms with Gasteiger partial charge in [0, 0.05) is 17.1 Å². The quantitative estimate of drug-likeness (QED) is 0.752. The molecule has 0 aliphatic rings. The summed E-state index contributed by atoms with van der Waals surface area (Å²) in [5.41, 5.74) is 1.53. The molecule has 0 saturated carbocycles. The second-order valence-corrected chi connectivity index (χ2v) is 5.33. The zero-order chi connectivity index (χ0) is 17.1. The van der Waals surface area contributed by atoms with Crippen LogP contribution in [0.4, 0.5) is 11.5 Å². The zero-order valence-electron chi connectivity index (χ0n) is 13.5. The van der Waals surface area contributed by atoms with Gasteiger partial charge in [-0.3, -0.25) is 0 Å². The van der Waals surface area contributed by atoms with Crippen molar-refractivity contribution in [2.24, 2.45) is 0 Å². The summed E-state index contributed by atoms with van der Waals surface area (Å²) in [6, 6.07) is 9.07. The van der Waals surface area contributed by atoms with Gasteiger partial charge in [0.05, 0.1) is 31.9 Å². The average Bonchev–Trinajstić information content (AvgIpc) is 2.61. The van der Waals surface area contributed by atoms with Gasteiger partial charge in [-0.15, -0.1) is 0 Å². The lowest BCUT2D eigenvalue weighted by atomic mass is 10.2. The fourth-order valence-corrected chi connectivity index (χ4v) is 2.62. The van der Waals surface area contributed by atoms with Crippen molar-refractivity contribution in [3.05, 3.63) is 41.7 Å². The molecule has 1 heterocycles. The zero-order valence-corrected chi connectivity index (χ0v) is 14.2. The Labute approximate surface area is 144 Å². The van der Waals surface area contributed by atoms with Gasteiger partial charge in [0.2, 0.25) is 0 Å². The topological polar surface area (TPSA) is 65.5 Å². The van der Waals surface area contributed by atoms with E-state index in [4.69, 9.17) is 25.8 Å². The first kappa shape index (κ1) is 16.1. The van der Waals surface area contributed by atoms with Crippen LogP contribution in [0.3, 0.4) is 0 Å². The average molecular weight is 346 g/mol. The van der Waals surface area contributed by atoms with Crippen molar-refractivity contribution < 1.29 is 14.2 Å². The minimum absolute atomic E-state index is 0.514. The van der Waals surface area contributed by atoms with Gasteiger partial charge in [0.1, 0.15) is 17.9 Å². The van der Waals surface area contributed by atoms with E-state index in [1.807, 2.05) is 18.2 Å². The first-order valence-electron chi connectivity index (χ1n) is 7.13. The highest BCUT2D eigenvalue weighted by atomic mass is 35.5. The molecule has 0 spiro atoms. The van der Waals surface area contributed by atoms with E-state index in [0.717, 1.165) is 16.6 Å². The van der Waals surface area contributed by atoms with Crippen molar-refractivity contribution in [2.45, 2.75) is 0 Å². The molecule has 0 amide bonds. The molecule has 0 atom stereocenters. The number of methoxy groups -OCH3 is 3. The van der Waals surface area contributed by atoms with Gasteiger partial charge in [-0.05, 0) is 24.3 Å². The first-order chi connectivity index (χ1) is 11.7. The predicted molar refractivity (Wildman–Crippen MR) is 93.9 cm³/mol. The molecule has 0 bridgehead atoms. The van der Waals surface area contributed by atoms with E-state index in [1.165, 1.54) is 6.33 Å². The number of nitrogens with one attached hydrogen (secondary N) is 1. The van der Waals surface area contributed by atoms with Gasteiger partial charge in [-0.1, -0.05) is 11.6 Å². The summed E-state index contributed by atoms with van der Waals surface area (Å²) in [7, 11) is 4.75. The van der Waals surface area contributed by atoms with Crippen LogP contribution in [0.15, 0.2) is 36.7 Å². The predicted octanol–water partition coefficient (Wildman–Crippen LogP) is 4.05. The van der Waals surface area contributed by atoms with Crippen LogP contribution in [-0.2, 0) is 0 Å². The van der Waals surface area contributed by atoms with Gasteiger partial charge in [0.15, 0.2) is 11.5 Å². The Morgan fingerprint density at radius 3 is 2.25 bits per heavy atom. The van der Waals surface area contributed by atoms with Gasteiger partial charge >= 0.3 is 0 Å². The molecule has 3 aromatic rings. The van der Waals surface area contributed by atoms with Crippen LogP contribution in [0.25, 0.3) is 10.9 Å². The Balaban J connectivity index is 2.04. The molecule has 124 valence electrons. The monoisotopic (exact) mass is 345 g/mol. The van der Waals surface area contributed by atoms with E-state index in [-0.39, 0.29) is 0 Å². The molecule has 2 aromatic carbocycles. The lowest BCUT2D eigenvalue weighted by Gasteiger charge is -2.12. The molecule has 1 aromatic heterocycles. The van der Waals surface area contributed by atoms with Gasteiger partial charge in [-0.25, -0.2) is 9.97 Å². The van der Waals surface area contributed by atoms with Crippen molar-refractivity contribution in [1.82, 2.24) is 9.97 Å². The fourth-order valence-electron chi connectivity index (χ4n) is 2.36. The Hall–Kier alpha value is -2.73. The Morgan fingerprint density at radius 2 is 1.58 bits per heavy atom. The fraction of sp³-hybridized carbons (Fsp3) is 0.176. The van der Waals surface area contributed by atoms with Crippen LogP contribution in [0.2, 0.25) is 5.02 Å². The molecule has 0 unspecified atom stereocenters. The minimum Gasteiger partial charge on any atom is -0.495 e.